The minimum absolute atomic E-state index is 0.122. The van der Waals surface area contributed by atoms with Crippen LogP contribution in [0.3, 0.4) is 0 Å². The predicted molar refractivity (Wildman–Crippen MR) is 191 cm³/mol. The van der Waals surface area contributed by atoms with Crippen molar-refractivity contribution in [2.24, 2.45) is 0 Å². The molecule has 2 aromatic heterocycles. The quantitative estimate of drug-likeness (QED) is 0.124. The van der Waals surface area contributed by atoms with Crippen molar-refractivity contribution in [1.82, 2.24) is 19.5 Å². The summed E-state index contributed by atoms with van der Waals surface area (Å²) >= 11 is 6.41. The minimum Gasteiger partial charge on any atom is -0.386 e. The molecule has 0 bridgehead atoms. The Hall–Kier alpha value is -4.52. The monoisotopic (exact) mass is 706 g/mol. The smallest absolute Gasteiger partial charge is 0.167 e. The van der Waals surface area contributed by atoms with Gasteiger partial charge >= 0.3 is 0 Å². The molecule has 1 aliphatic rings. The number of rotatable bonds is 14. The van der Waals surface area contributed by atoms with E-state index in [0.717, 1.165) is 22.3 Å². The Bertz CT molecular complexity index is 1940. The molecule has 0 unspecified atom stereocenters. The molecule has 10 nitrogen and oxygen atoms in total. The third-order valence-corrected chi connectivity index (χ3v) is 9.07. The summed E-state index contributed by atoms with van der Waals surface area (Å²) in [6.45, 7) is 1.18. The maximum atomic E-state index is 12.4. The lowest BCUT2D eigenvalue weighted by Gasteiger charge is -2.35. The molecule has 1 saturated heterocycles. The van der Waals surface area contributed by atoms with E-state index in [2.05, 4.69) is 15.0 Å². The van der Waals surface area contributed by atoms with Crippen LogP contribution in [0.1, 0.15) is 28.5 Å². The molecule has 0 aliphatic carbocycles. The first-order chi connectivity index (χ1) is 25.1. The summed E-state index contributed by atoms with van der Waals surface area (Å²) in [5.74, 6) is 0. The van der Waals surface area contributed by atoms with Crippen molar-refractivity contribution in [3.8, 4) is 0 Å². The normalized spacial score (nSPS) is 22.2. The van der Waals surface area contributed by atoms with Gasteiger partial charge in [-0.05, 0) is 22.3 Å². The molecule has 11 heteroatoms. The molecule has 6 aromatic rings. The summed E-state index contributed by atoms with van der Waals surface area (Å²) in [4.78, 5) is 13.0. The standard InChI is InChI=1S/C40H39ClN4O6/c41-38-33-39(43-26-42-38)45(27-44-33)40-34(46)36(49-23-30-17-9-3-10-18-30)37(50-24-31-19-11-4-12-20-31)35(48-22-29-15-7-2-8-16-29)32(51-40)25-47-21-28-13-5-1-6-14-28/h1-20,26-27,32,34-37,40,46H,21-25H2/t32-,34-,35+,36+,37+,40-/m1/s1. The van der Waals surface area contributed by atoms with Crippen molar-refractivity contribution in [3.05, 3.63) is 161 Å². The Morgan fingerprint density at radius 2 is 1.10 bits per heavy atom. The summed E-state index contributed by atoms with van der Waals surface area (Å²) in [5.41, 5.74) is 4.66. The maximum Gasteiger partial charge on any atom is 0.167 e. The molecule has 1 fully saturated rings. The van der Waals surface area contributed by atoms with Gasteiger partial charge in [0.1, 0.15) is 42.4 Å². The van der Waals surface area contributed by atoms with E-state index in [0.29, 0.717) is 17.8 Å². The van der Waals surface area contributed by atoms with Crippen molar-refractivity contribution in [1.29, 1.82) is 0 Å². The lowest BCUT2D eigenvalue weighted by molar-refractivity contribution is -0.185. The summed E-state index contributed by atoms with van der Waals surface area (Å²) in [5, 5.41) is 12.6. The fourth-order valence-corrected chi connectivity index (χ4v) is 6.40. The molecule has 1 N–H and O–H groups in total. The number of fused-ring (bicyclic) bond motifs is 1. The molecule has 6 atom stereocenters. The second-order valence-electron chi connectivity index (χ2n) is 12.3. The number of hydrogen-bond donors (Lipinski definition) is 1. The number of aromatic nitrogens is 4. The summed E-state index contributed by atoms with van der Waals surface area (Å²) in [6.07, 6.45) is -2.66. The van der Waals surface area contributed by atoms with Crippen molar-refractivity contribution in [2.45, 2.75) is 63.2 Å². The van der Waals surface area contributed by atoms with Crippen LogP contribution in [0.5, 0.6) is 0 Å². The van der Waals surface area contributed by atoms with Crippen molar-refractivity contribution in [2.75, 3.05) is 6.61 Å². The number of benzene rings is 4. The van der Waals surface area contributed by atoms with E-state index in [1.54, 1.807) is 10.9 Å². The molecule has 262 valence electrons. The fourth-order valence-electron chi connectivity index (χ4n) is 6.22. The second kappa shape index (κ2) is 17.1. The summed E-state index contributed by atoms with van der Waals surface area (Å²) < 4.78 is 35.1. The third kappa shape index (κ3) is 8.69. The van der Waals surface area contributed by atoms with Crippen molar-refractivity contribution < 1.29 is 28.8 Å². The van der Waals surface area contributed by atoms with Gasteiger partial charge in [-0.15, -0.1) is 0 Å². The Morgan fingerprint density at radius 3 is 1.65 bits per heavy atom. The largest absolute Gasteiger partial charge is 0.386 e. The molecular formula is C40H39ClN4O6. The van der Waals surface area contributed by atoms with E-state index in [-0.39, 0.29) is 31.6 Å². The Morgan fingerprint density at radius 1 is 0.608 bits per heavy atom. The van der Waals surface area contributed by atoms with Gasteiger partial charge in [-0.25, -0.2) is 15.0 Å². The van der Waals surface area contributed by atoms with Crippen LogP contribution in [0.15, 0.2) is 134 Å². The minimum atomic E-state index is -1.28. The lowest BCUT2D eigenvalue weighted by atomic mass is 9.99. The molecule has 7 rings (SSSR count). The van der Waals surface area contributed by atoms with Crippen molar-refractivity contribution in [3.63, 3.8) is 0 Å². The first-order valence-electron chi connectivity index (χ1n) is 16.9. The highest BCUT2D eigenvalue weighted by Crippen LogP contribution is 2.36. The van der Waals surface area contributed by atoms with Gasteiger partial charge in [0, 0.05) is 0 Å². The molecule has 0 radical (unpaired) electrons. The highest BCUT2D eigenvalue weighted by Gasteiger charge is 2.49. The van der Waals surface area contributed by atoms with Crippen LogP contribution in [-0.4, -0.2) is 61.8 Å². The number of ether oxygens (including phenoxy) is 5. The first-order valence-corrected chi connectivity index (χ1v) is 17.3. The Balaban J connectivity index is 1.29. The highest BCUT2D eigenvalue weighted by molar-refractivity contribution is 6.33. The van der Waals surface area contributed by atoms with Gasteiger partial charge < -0.3 is 28.8 Å². The van der Waals surface area contributed by atoms with Crippen LogP contribution in [0.4, 0.5) is 0 Å². The zero-order valence-corrected chi connectivity index (χ0v) is 28.6. The molecule has 4 aromatic carbocycles. The van der Waals surface area contributed by atoms with Gasteiger partial charge in [0.25, 0.3) is 0 Å². The molecule has 0 amide bonds. The van der Waals surface area contributed by atoms with Crippen LogP contribution in [-0.2, 0) is 50.1 Å². The molecule has 3 heterocycles. The zero-order chi connectivity index (χ0) is 34.8. The second-order valence-corrected chi connectivity index (χ2v) is 12.7. The average molecular weight is 707 g/mol. The highest BCUT2D eigenvalue weighted by atomic mass is 35.5. The number of imidazole rings is 1. The molecule has 0 spiro atoms. The van der Waals surface area contributed by atoms with E-state index in [1.165, 1.54) is 6.33 Å². The molecule has 51 heavy (non-hydrogen) atoms. The van der Waals surface area contributed by atoms with Crippen LogP contribution >= 0.6 is 11.6 Å². The predicted octanol–water partition coefficient (Wildman–Crippen LogP) is 6.71. The number of halogens is 1. The Labute approximate surface area is 301 Å². The third-order valence-electron chi connectivity index (χ3n) is 8.79. The Kier molecular flexibility index (Phi) is 11.7. The van der Waals surface area contributed by atoms with E-state index in [9.17, 15) is 5.11 Å². The average Bonchev–Trinajstić information content (AvgIpc) is 3.58. The summed E-state index contributed by atoms with van der Waals surface area (Å²) in [6, 6.07) is 39.5. The molecular weight excluding hydrogens is 668 g/mol. The van der Waals surface area contributed by atoms with E-state index >= 15 is 0 Å². The topological polar surface area (TPSA) is 110 Å². The van der Waals surface area contributed by atoms with Gasteiger partial charge in [0.05, 0.1) is 39.4 Å². The number of aliphatic hydroxyl groups is 1. The number of aliphatic hydroxyl groups excluding tert-OH is 1. The number of nitrogens with zero attached hydrogens (tertiary/aromatic N) is 4. The van der Waals surface area contributed by atoms with Gasteiger partial charge in [-0.1, -0.05) is 133 Å². The van der Waals surface area contributed by atoms with Crippen LogP contribution in [0.25, 0.3) is 11.2 Å². The zero-order valence-electron chi connectivity index (χ0n) is 27.9. The fraction of sp³-hybridized carbons (Fsp3) is 0.275. The molecule has 0 saturated carbocycles. The van der Waals surface area contributed by atoms with Gasteiger partial charge in [-0.3, -0.25) is 4.57 Å². The summed E-state index contributed by atoms with van der Waals surface area (Å²) in [7, 11) is 0. The number of hydrogen-bond acceptors (Lipinski definition) is 9. The van der Waals surface area contributed by atoms with E-state index < -0.39 is 36.7 Å². The van der Waals surface area contributed by atoms with Crippen molar-refractivity contribution >= 4 is 22.8 Å². The van der Waals surface area contributed by atoms with Crippen LogP contribution in [0.2, 0.25) is 5.15 Å². The first kappa shape index (κ1) is 34.9. The van der Waals surface area contributed by atoms with E-state index in [4.69, 9.17) is 35.3 Å². The van der Waals surface area contributed by atoms with Gasteiger partial charge in [0.2, 0.25) is 0 Å². The lowest BCUT2D eigenvalue weighted by Crippen LogP contribution is -2.51. The van der Waals surface area contributed by atoms with Crippen LogP contribution in [0, 0.1) is 0 Å². The maximum absolute atomic E-state index is 12.4. The molecule has 1 aliphatic heterocycles. The van der Waals surface area contributed by atoms with Gasteiger partial charge in [0.15, 0.2) is 17.0 Å². The van der Waals surface area contributed by atoms with Gasteiger partial charge in [-0.2, -0.15) is 0 Å². The van der Waals surface area contributed by atoms with Crippen LogP contribution < -0.4 is 0 Å². The SMILES string of the molecule is O[C@@H]1[C@H](OCc2ccccc2)[C@@H](OCc2ccccc2)[C@@H](OCc2ccccc2)[C@@H](COCc2ccccc2)O[C@H]1n1cnc2c(Cl)ncnc21. The van der Waals surface area contributed by atoms with E-state index in [1.807, 2.05) is 121 Å².